The van der Waals surface area contributed by atoms with Crippen LogP contribution < -0.4 is 10.1 Å². The van der Waals surface area contributed by atoms with Crippen molar-refractivity contribution in [3.05, 3.63) is 53.6 Å². The number of rotatable bonds is 6. The van der Waals surface area contributed by atoms with E-state index in [1.807, 2.05) is 0 Å². The first-order chi connectivity index (χ1) is 12.9. The third-order valence-electron chi connectivity index (χ3n) is 5.06. The molecule has 1 amide bonds. The number of carboxylic acids is 1. The molecule has 1 aromatic carbocycles. The monoisotopic (exact) mass is 369 g/mol. The van der Waals surface area contributed by atoms with Crippen LogP contribution in [0.15, 0.2) is 36.8 Å². The van der Waals surface area contributed by atoms with Crippen LogP contribution in [-0.4, -0.2) is 34.1 Å². The number of aromatic nitrogens is 2. The van der Waals surface area contributed by atoms with Gasteiger partial charge in [0.2, 0.25) is 5.91 Å². The topological polar surface area (TPSA) is 101 Å². The van der Waals surface area contributed by atoms with Gasteiger partial charge in [-0.05, 0) is 49.4 Å². The third kappa shape index (κ3) is 4.24. The second-order valence-electron chi connectivity index (χ2n) is 7.06. The number of nitrogens with zero attached hydrogens (tertiary/aromatic N) is 2. The molecule has 2 aromatic rings. The predicted octanol–water partition coefficient (Wildman–Crippen LogP) is 2.10. The van der Waals surface area contributed by atoms with Crippen LogP contribution in [0.3, 0.4) is 0 Å². The summed E-state index contributed by atoms with van der Waals surface area (Å²) in [6, 6.07) is 7.13. The molecule has 0 saturated carbocycles. The molecule has 0 saturated heterocycles. The summed E-state index contributed by atoms with van der Waals surface area (Å²) >= 11 is 0. The fraction of sp³-hybridized carbons (Fsp3) is 0.400. The lowest BCUT2D eigenvalue weighted by molar-refractivity contribution is -0.139. The quantitative estimate of drug-likeness (QED) is 0.809. The van der Waals surface area contributed by atoms with Crippen LogP contribution >= 0.6 is 0 Å². The number of carbonyl (C=O) groups is 2. The van der Waals surface area contributed by atoms with E-state index in [1.54, 1.807) is 44.5 Å². The molecular weight excluding hydrogens is 346 g/mol. The Morgan fingerprint density at radius 3 is 2.96 bits per heavy atom. The number of methoxy groups -OCH3 is 1. The Hall–Kier alpha value is -2.96. The summed E-state index contributed by atoms with van der Waals surface area (Å²) in [5.74, 6) is -0.761. The van der Waals surface area contributed by atoms with E-state index in [-0.39, 0.29) is 18.2 Å². The highest BCUT2D eigenvalue weighted by Gasteiger charge is 2.35. The number of aryl methyl sites for hydroxylation is 1. The molecule has 1 aromatic heterocycles. The number of carboxylic acid groups (broad SMARTS) is 1. The highest BCUT2D eigenvalue weighted by atomic mass is 16.5. The van der Waals surface area contributed by atoms with Gasteiger partial charge >= 0.3 is 5.97 Å². The lowest BCUT2D eigenvalue weighted by Crippen LogP contribution is -2.48. The highest BCUT2D eigenvalue weighted by molar-refractivity contribution is 5.81. The Bertz CT molecular complexity index is 855. The van der Waals surface area contributed by atoms with Crippen molar-refractivity contribution in [1.82, 2.24) is 15.3 Å². The number of fused-ring (bicyclic) bond motifs is 1. The minimum absolute atomic E-state index is 0.156. The van der Waals surface area contributed by atoms with Crippen molar-refractivity contribution < 1.29 is 19.4 Å². The van der Waals surface area contributed by atoms with Crippen molar-refractivity contribution in [3.63, 3.8) is 0 Å². The van der Waals surface area contributed by atoms with E-state index in [0.717, 1.165) is 11.3 Å². The SMILES string of the molecule is COc1cccc(C(C)(CC(=O)O)NC(=O)C2CCc3ncncc3C2)c1. The molecule has 0 spiro atoms. The van der Waals surface area contributed by atoms with Crippen molar-refractivity contribution >= 4 is 11.9 Å². The fourth-order valence-corrected chi connectivity index (χ4v) is 3.54. The number of nitrogens with one attached hydrogen (secondary N) is 1. The molecule has 1 aliphatic rings. The average Bonchev–Trinajstić information content (AvgIpc) is 2.67. The molecule has 1 aliphatic carbocycles. The smallest absolute Gasteiger partial charge is 0.306 e. The molecule has 7 nitrogen and oxygen atoms in total. The van der Waals surface area contributed by atoms with Crippen LogP contribution in [0.2, 0.25) is 0 Å². The second-order valence-corrected chi connectivity index (χ2v) is 7.06. The van der Waals surface area contributed by atoms with E-state index < -0.39 is 11.5 Å². The second kappa shape index (κ2) is 7.73. The molecule has 2 atom stereocenters. The van der Waals surface area contributed by atoms with E-state index in [9.17, 15) is 14.7 Å². The molecule has 3 rings (SSSR count). The summed E-state index contributed by atoms with van der Waals surface area (Å²) in [5.41, 5.74) is 1.61. The van der Waals surface area contributed by atoms with Gasteiger partial charge in [-0.1, -0.05) is 12.1 Å². The number of hydrogen-bond acceptors (Lipinski definition) is 5. The molecular formula is C20H23N3O4. The average molecular weight is 369 g/mol. The number of ether oxygens (including phenoxy) is 1. The minimum atomic E-state index is -1.04. The number of amides is 1. The van der Waals surface area contributed by atoms with E-state index in [1.165, 1.54) is 6.33 Å². The molecule has 1 heterocycles. The number of hydrogen-bond donors (Lipinski definition) is 2. The molecule has 2 N–H and O–H groups in total. The van der Waals surface area contributed by atoms with Gasteiger partial charge in [0.25, 0.3) is 0 Å². The Labute approximate surface area is 157 Å². The van der Waals surface area contributed by atoms with E-state index >= 15 is 0 Å². The van der Waals surface area contributed by atoms with Crippen molar-refractivity contribution in [2.24, 2.45) is 5.92 Å². The van der Waals surface area contributed by atoms with Gasteiger partial charge in [-0.15, -0.1) is 0 Å². The first-order valence-corrected chi connectivity index (χ1v) is 8.87. The minimum Gasteiger partial charge on any atom is -0.497 e. The molecule has 142 valence electrons. The molecule has 0 radical (unpaired) electrons. The lowest BCUT2D eigenvalue weighted by Gasteiger charge is -2.33. The standard InChI is InChI=1S/C20H23N3O4/c1-20(10-18(24)25,15-4-3-5-16(9-15)27-2)23-19(26)13-6-7-17-14(8-13)11-21-12-22-17/h3-5,9,11-13H,6-8,10H2,1-2H3,(H,23,26)(H,24,25). The van der Waals surface area contributed by atoms with E-state index in [0.29, 0.717) is 30.6 Å². The Morgan fingerprint density at radius 1 is 1.41 bits per heavy atom. The zero-order valence-corrected chi connectivity index (χ0v) is 15.4. The Morgan fingerprint density at radius 2 is 2.22 bits per heavy atom. The van der Waals surface area contributed by atoms with Gasteiger partial charge < -0.3 is 15.2 Å². The van der Waals surface area contributed by atoms with E-state index in [2.05, 4.69) is 15.3 Å². The molecule has 0 fully saturated rings. The summed E-state index contributed by atoms with van der Waals surface area (Å²) < 4.78 is 5.24. The third-order valence-corrected chi connectivity index (χ3v) is 5.06. The summed E-state index contributed by atoms with van der Waals surface area (Å²) in [5, 5.41) is 12.4. The lowest BCUT2D eigenvalue weighted by atomic mass is 9.84. The van der Waals surface area contributed by atoms with Gasteiger partial charge in [-0.25, -0.2) is 9.97 Å². The van der Waals surface area contributed by atoms with Crippen molar-refractivity contribution in [3.8, 4) is 5.75 Å². The first kappa shape index (κ1) is 18.8. The summed E-state index contributed by atoms with van der Waals surface area (Å²) in [6.45, 7) is 1.73. The van der Waals surface area contributed by atoms with Crippen LogP contribution in [0.5, 0.6) is 5.75 Å². The zero-order chi connectivity index (χ0) is 19.4. The normalized spacial score (nSPS) is 18.1. The highest BCUT2D eigenvalue weighted by Crippen LogP contribution is 2.30. The summed E-state index contributed by atoms with van der Waals surface area (Å²) in [7, 11) is 1.55. The molecule has 2 unspecified atom stereocenters. The van der Waals surface area contributed by atoms with Gasteiger partial charge in [0.1, 0.15) is 12.1 Å². The first-order valence-electron chi connectivity index (χ1n) is 8.87. The van der Waals surface area contributed by atoms with Crippen molar-refractivity contribution in [2.75, 3.05) is 7.11 Å². The number of aliphatic carboxylic acids is 1. The van der Waals surface area contributed by atoms with Crippen LogP contribution in [0, 0.1) is 5.92 Å². The predicted molar refractivity (Wildman–Crippen MR) is 98.3 cm³/mol. The fourth-order valence-electron chi connectivity index (χ4n) is 3.54. The largest absolute Gasteiger partial charge is 0.497 e. The van der Waals surface area contributed by atoms with Crippen LogP contribution in [0.25, 0.3) is 0 Å². The molecule has 7 heteroatoms. The maximum Gasteiger partial charge on any atom is 0.306 e. The molecule has 0 bridgehead atoms. The van der Waals surface area contributed by atoms with Crippen LogP contribution in [-0.2, 0) is 28.0 Å². The van der Waals surface area contributed by atoms with Crippen molar-refractivity contribution in [1.29, 1.82) is 0 Å². The van der Waals surface area contributed by atoms with Crippen LogP contribution in [0.4, 0.5) is 0 Å². The zero-order valence-electron chi connectivity index (χ0n) is 15.4. The maximum absolute atomic E-state index is 13.0. The Kier molecular flexibility index (Phi) is 5.39. The molecule has 0 aliphatic heterocycles. The summed E-state index contributed by atoms with van der Waals surface area (Å²) in [4.78, 5) is 32.7. The van der Waals surface area contributed by atoms with E-state index in [4.69, 9.17) is 4.74 Å². The van der Waals surface area contributed by atoms with Crippen LogP contribution in [0.1, 0.15) is 36.6 Å². The molecule has 27 heavy (non-hydrogen) atoms. The van der Waals surface area contributed by atoms with Gasteiger partial charge in [-0.3, -0.25) is 9.59 Å². The Balaban J connectivity index is 1.82. The van der Waals surface area contributed by atoms with Crippen molar-refractivity contribution in [2.45, 2.75) is 38.1 Å². The van der Waals surface area contributed by atoms with Gasteiger partial charge in [0.05, 0.1) is 19.1 Å². The van der Waals surface area contributed by atoms with Gasteiger partial charge in [0, 0.05) is 17.8 Å². The van der Waals surface area contributed by atoms with Gasteiger partial charge in [0.15, 0.2) is 0 Å². The summed E-state index contributed by atoms with van der Waals surface area (Å²) in [6.07, 6.45) is 5.00. The number of benzene rings is 1. The van der Waals surface area contributed by atoms with Gasteiger partial charge in [-0.2, -0.15) is 0 Å². The maximum atomic E-state index is 13.0. The number of carbonyl (C=O) groups excluding carboxylic acids is 1.